The van der Waals surface area contributed by atoms with Gasteiger partial charge in [0.1, 0.15) is 0 Å². The van der Waals surface area contributed by atoms with E-state index >= 15 is 0 Å². The maximum atomic E-state index is 4.29. The lowest BCUT2D eigenvalue weighted by molar-refractivity contribution is 0.439. The lowest BCUT2D eigenvalue weighted by Crippen LogP contribution is -2.36. The van der Waals surface area contributed by atoms with Crippen molar-refractivity contribution in [2.45, 2.75) is 38.2 Å². The van der Waals surface area contributed by atoms with Crippen LogP contribution >= 0.6 is 11.8 Å². The number of hydrogen-bond donors (Lipinski definition) is 1. The van der Waals surface area contributed by atoms with Crippen molar-refractivity contribution in [1.29, 1.82) is 0 Å². The first kappa shape index (κ1) is 10.1. The van der Waals surface area contributed by atoms with E-state index in [2.05, 4.69) is 41.9 Å². The van der Waals surface area contributed by atoms with Crippen LogP contribution in [0.15, 0.2) is 12.3 Å². The van der Waals surface area contributed by atoms with E-state index < -0.39 is 0 Å². The van der Waals surface area contributed by atoms with E-state index in [0.29, 0.717) is 5.37 Å². The third kappa shape index (κ3) is 1.81. The molecule has 2 heterocycles. The maximum absolute atomic E-state index is 4.29. The molecule has 1 atom stereocenters. The SMILES string of the molecule is CCn1nccc1C1NC(C)(C)CS1. The Morgan fingerprint density at radius 2 is 2.50 bits per heavy atom. The van der Waals surface area contributed by atoms with Crippen LogP contribution in [0, 0.1) is 0 Å². The van der Waals surface area contributed by atoms with E-state index in [9.17, 15) is 0 Å². The Hall–Kier alpha value is -0.480. The Morgan fingerprint density at radius 3 is 3.07 bits per heavy atom. The summed E-state index contributed by atoms with van der Waals surface area (Å²) in [6.07, 6.45) is 1.88. The summed E-state index contributed by atoms with van der Waals surface area (Å²) >= 11 is 1.96. The Kier molecular flexibility index (Phi) is 2.58. The van der Waals surface area contributed by atoms with Crippen molar-refractivity contribution < 1.29 is 0 Å². The number of aromatic nitrogens is 2. The summed E-state index contributed by atoms with van der Waals surface area (Å²) < 4.78 is 2.06. The zero-order chi connectivity index (χ0) is 10.2. The van der Waals surface area contributed by atoms with Crippen LogP contribution in [0.2, 0.25) is 0 Å². The molecule has 1 N–H and O–H groups in total. The highest BCUT2D eigenvalue weighted by molar-refractivity contribution is 7.99. The van der Waals surface area contributed by atoms with Crippen molar-refractivity contribution >= 4 is 11.8 Å². The van der Waals surface area contributed by atoms with Crippen molar-refractivity contribution in [2.24, 2.45) is 0 Å². The molecule has 1 aliphatic rings. The zero-order valence-corrected chi connectivity index (χ0v) is 9.77. The van der Waals surface area contributed by atoms with Crippen molar-refractivity contribution in [1.82, 2.24) is 15.1 Å². The van der Waals surface area contributed by atoms with Gasteiger partial charge in [0.25, 0.3) is 0 Å². The van der Waals surface area contributed by atoms with Crippen molar-refractivity contribution in [2.75, 3.05) is 5.75 Å². The van der Waals surface area contributed by atoms with Gasteiger partial charge in [-0.15, -0.1) is 11.8 Å². The fourth-order valence-corrected chi connectivity index (χ4v) is 3.16. The fourth-order valence-electron chi connectivity index (χ4n) is 1.72. The van der Waals surface area contributed by atoms with Crippen LogP contribution < -0.4 is 5.32 Å². The number of rotatable bonds is 2. The van der Waals surface area contributed by atoms with Gasteiger partial charge in [0.15, 0.2) is 0 Å². The van der Waals surface area contributed by atoms with E-state index in [-0.39, 0.29) is 5.54 Å². The monoisotopic (exact) mass is 211 g/mol. The molecule has 1 saturated heterocycles. The first-order valence-corrected chi connectivity index (χ1v) is 6.08. The van der Waals surface area contributed by atoms with Gasteiger partial charge < -0.3 is 0 Å². The normalized spacial score (nSPS) is 25.5. The van der Waals surface area contributed by atoms with Gasteiger partial charge in [-0.3, -0.25) is 10.00 Å². The Morgan fingerprint density at radius 1 is 1.71 bits per heavy atom. The van der Waals surface area contributed by atoms with E-state index in [4.69, 9.17) is 0 Å². The molecule has 1 aromatic rings. The van der Waals surface area contributed by atoms with E-state index in [0.717, 1.165) is 12.3 Å². The van der Waals surface area contributed by atoms with Crippen LogP contribution in [0.5, 0.6) is 0 Å². The average Bonchev–Trinajstić information content (AvgIpc) is 2.70. The van der Waals surface area contributed by atoms with Crippen LogP contribution in [0.3, 0.4) is 0 Å². The molecule has 0 saturated carbocycles. The van der Waals surface area contributed by atoms with Crippen molar-refractivity contribution in [3.63, 3.8) is 0 Å². The lowest BCUT2D eigenvalue weighted by atomic mass is 10.1. The molecule has 0 spiro atoms. The zero-order valence-electron chi connectivity index (χ0n) is 8.95. The first-order valence-electron chi connectivity index (χ1n) is 5.03. The minimum atomic E-state index is 0.248. The second-order valence-electron chi connectivity index (χ2n) is 4.29. The minimum Gasteiger partial charge on any atom is -0.295 e. The van der Waals surface area contributed by atoms with Gasteiger partial charge in [0.05, 0.1) is 11.1 Å². The fraction of sp³-hybridized carbons (Fsp3) is 0.700. The summed E-state index contributed by atoms with van der Waals surface area (Å²) in [5.74, 6) is 1.16. The molecule has 0 aliphatic carbocycles. The smallest absolute Gasteiger partial charge is 0.0963 e. The number of aryl methyl sites for hydroxylation is 1. The molecule has 4 heteroatoms. The maximum Gasteiger partial charge on any atom is 0.0963 e. The highest BCUT2D eigenvalue weighted by Gasteiger charge is 2.32. The molecule has 0 aromatic carbocycles. The van der Waals surface area contributed by atoms with Crippen molar-refractivity contribution in [3.8, 4) is 0 Å². The molecule has 1 aliphatic heterocycles. The lowest BCUT2D eigenvalue weighted by Gasteiger charge is -2.19. The highest BCUT2D eigenvalue weighted by Crippen LogP contribution is 2.36. The summed E-state index contributed by atoms with van der Waals surface area (Å²) in [6, 6.07) is 2.11. The number of hydrogen-bond acceptors (Lipinski definition) is 3. The third-order valence-electron chi connectivity index (χ3n) is 2.45. The van der Waals surface area contributed by atoms with Gasteiger partial charge in [0, 0.05) is 24.0 Å². The second-order valence-corrected chi connectivity index (χ2v) is 5.38. The predicted molar refractivity (Wildman–Crippen MR) is 60.3 cm³/mol. The summed E-state index contributed by atoms with van der Waals surface area (Å²) in [7, 11) is 0. The van der Waals surface area contributed by atoms with Gasteiger partial charge in [-0.1, -0.05) is 0 Å². The standard InChI is InChI=1S/C10H17N3S/c1-4-13-8(5-6-11-13)9-12-10(2,3)7-14-9/h5-6,9,12H,4,7H2,1-3H3. The van der Waals surface area contributed by atoms with Gasteiger partial charge in [-0.05, 0) is 26.8 Å². The molecular weight excluding hydrogens is 194 g/mol. The number of thioether (sulfide) groups is 1. The minimum absolute atomic E-state index is 0.248. The molecule has 2 rings (SSSR count). The Labute approximate surface area is 89.3 Å². The molecule has 14 heavy (non-hydrogen) atoms. The molecule has 0 bridgehead atoms. The van der Waals surface area contributed by atoms with Crippen LogP contribution in [0.25, 0.3) is 0 Å². The van der Waals surface area contributed by atoms with Crippen LogP contribution in [0.4, 0.5) is 0 Å². The molecule has 1 unspecified atom stereocenters. The molecule has 0 radical (unpaired) electrons. The first-order chi connectivity index (χ1) is 6.62. The average molecular weight is 211 g/mol. The summed E-state index contributed by atoms with van der Waals surface area (Å²) in [5, 5.41) is 8.31. The topological polar surface area (TPSA) is 29.9 Å². The molecule has 1 aromatic heterocycles. The number of nitrogens with zero attached hydrogens (tertiary/aromatic N) is 2. The van der Waals surface area contributed by atoms with Crippen LogP contribution in [0.1, 0.15) is 31.8 Å². The van der Waals surface area contributed by atoms with Gasteiger partial charge >= 0.3 is 0 Å². The predicted octanol–water partition coefficient (Wildman–Crippen LogP) is 2.02. The van der Waals surface area contributed by atoms with E-state index in [1.807, 2.05) is 18.0 Å². The van der Waals surface area contributed by atoms with Gasteiger partial charge in [0.2, 0.25) is 0 Å². The van der Waals surface area contributed by atoms with Crippen LogP contribution in [-0.4, -0.2) is 21.1 Å². The largest absolute Gasteiger partial charge is 0.295 e. The third-order valence-corrected chi connectivity index (χ3v) is 4.03. The molecule has 1 fully saturated rings. The van der Waals surface area contributed by atoms with E-state index in [1.165, 1.54) is 5.69 Å². The summed E-state index contributed by atoms with van der Waals surface area (Å²) in [5.41, 5.74) is 1.54. The Bertz CT molecular complexity index is 319. The quantitative estimate of drug-likeness (QED) is 0.811. The molecule has 3 nitrogen and oxygen atoms in total. The molecule has 78 valence electrons. The van der Waals surface area contributed by atoms with Gasteiger partial charge in [-0.25, -0.2) is 0 Å². The summed E-state index contributed by atoms with van der Waals surface area (Å²) in [4.78, 5) is 0. The highest BCUT2D eigenvalue weighted by atomic mass is 32.2. The van der Waals surface area contributed by atoms with Gasteiger partial charge in [-0.2, -0.15) is 5.10 Å². The Balaban J connectivity index is 2.17. The second kappa shape index (κ2) is 3.59. The van der Waals surface area contributed by atoms with Crippen LogP contribution in [-0.2, 0) is 6.54 Å². The van der Waals surface area contributed by atoms with Crippen molar-refractivity contribution in [3.05, 3.63) is 18.0 Å². The molecule has 0 amide bonds. The van der Waals surface area contributed by atoms with E-state index in [1.54, 1.807) is 0 Å². The molecular formula is C10H17N3S. The summed E-state index contributed by atoms with van der Waals surface area (Å²) in [6.45, 7) is 7.56. The number of nitrogens with one attached hydrogen (secondary N) is 1.